The first-order chi connectivity index (χ1) is 20.1. The molecular formula is C33H50ClNO8. The molecule has 1 heterocycles. The molecule has 0 N–H and O–H groups in total. The van der Waals surface area contributed by atoms with Gasteiger partial charge in [0, 0.05) is 25.0 Å². The zero-order valence-corrected chi connectivity index (χ0v) is 27.2. The van der Waals surface area contributed by atoms with Gasteiger partial charge in [0.1, 0.15) is 24.9 Å². The van der Waals surface area contributed by atoms with Gasteiger partial charge in [-0.2, -0.15) is 0 Å². The summed E-state index contributed by atoms with van der Waals surface area (Å²) < 4.78 is 28.9. The molecular weight excluding hydrogens is 574 g/mol. The number of ether oxygens (including phenoxy) is 5. The number of rotatable bonds is 12. The second-order valence-electron chi connectivity index (χ2n) is 13.5. The van der Waals surface area contributed by atoms with Crippen LogP contribution in [-0.2, 0) is 33.3 Å². The lowest BCUT2D eigenvalue weighted by Crippen LogP contribution is -2.64. The molecule has 0 radical (unpaired) electrons. The third kappa shape index (κ3) is 5.26. The van der Waals surface area contributed by atoms with Crippen molar-refractivity contribution < 1.29 is 38.1 Å². The van der Waals surface area contributed by atoms with Crippen molar-refractivity contribution >= 4 is 30.8 Å². The van der Waals surface area contributed by atoms with Gasteiger partial charge in [0.15, 0.2) is 6.29 Å². The predicted octanol–water partition coefficient (Wildman–Crippen LogP) is 5.21. The topological polar surface area (TPSA) is 101 Å². The number of fused-ring (bicyclic) bond motifs is 2. The second-order valence-corrected chi connectivity index (χ2v) is 13.5. The van der Waals surface area contributed by atoms with Gasteiger partial charge in [0.05, 0.1) is 24.7 Å². The van der Waals surface area contributed by atoms with Crippen LogP contribution in [0.2, 0.25) is 0 Å². The van der Waals surface area contributed by atoms with Gasteiger partial charge >= 0.3 is 12.1 Å². The number of esters is 1. The molecule has 9 nitrogen and oxygen atoms in total. The lowest BCUT2D eigenvalue weighted by atomic mass is 9.43. The molecule has 0 aromatic rings. The Bertz CT molecular complexity index is 1100. The van der Waals surface area contributed by atoms with Crippen molar-refractivity contribution in [1.29, 1.82) is 0 Å². The van der Waals surface area contributed by atoms with Crippen molar-refractivity contribution in [3.63, 3.8) is 0 Å². The number of nitrogens with zero attached hydrogens (tertiary/aromatic N) is 1. The summed E-state index contributed by atoms with van der Waals surface area (Å²) in [5.74, 6) is 0.584. The van der Waals surface area contributed by atoms with Gasteiger partial charge < -0.3 is 28.5 Å². The number of allylic oxidation sites excluding steroid dienone is 1. The standard InChI is InChI=1S/C33H49NO8.ClH/c1-7-11-34-17-23(6)42-28(18-34)41-20-32-16-25-22(5)9-10-26(25)31(19-35)15-24(32)14-27(21(3)4)33(31,32)29(36)39-12-13-40-30(37)38-8-2;/h7,14,19,21-26,28H,1,8-13,15-18,20H2,2-6H3;1H/t22-,23-,24+,25-,26-,28-,31+,32+,33+;/m1./s1. The molecule has 0 aromatic heterocycles. The Morgan fingerprint density at radius 2 is 1.88 bits per heavy atom. The predicted molar refractivity (Wildman–Crippen MR) is 162 cm³/mol. The van der Waals surface area contributed by atoms with Crippen LogP contribution in [-0.4, -0.2) is 81.8 Å². The third-order valence-corrected chi connectivity index (χ3v) is 11.1. The first-order valence-electron chi connectivity index (χ1n) is 15.9. The van der Waals surface area contributed by atoms with Gasteiger partial charge in [-0.15, -0.1) is 19.0 Å². The van der Waals surface area contributed by atoms with Gasteiger partial charge in [0.2, 0.25) is 0 Å². The van der Waals surface area contributed by atoms with Gasteiger partial charge in [-0.1, -0.05) is 44.9 Å². The molecule has 1 saturated heterocycles. The second kappa shape index (κ2) is 13.2. The molecule has 0 unspecified atom stereocenters. The van der Waals surface area contributed by atoms with Crippen molar-refractivity contribution in [2.24, 2.45) is 45.8 Å². The molecule has 0 aromatic carbocycles. The summed E-state index contributed by atoms with van der Waals surface area (Å²) in [6, 6.07) is 0. The number of hydrogen-bond donors (Lipinski definition) is 0. The van der Waals surface area contributed by atoms with E-state index < -0.39 is 34.7 Å². The molecule has 4 bridgehead atoms. The maximum absolute atomic E-state index is 14.7. The maximum atomic E-state index is 14.7. The number of carbonyl (C=O) groups excluding carboxylic acids is 3. The van der Waals surface area contributed by atoms with Gasteiger partial charge in [0.25, 0.3) is 0 Å². The first kappa shape index (κ1) is 33.9. The van der Waals surface area contributed by atoms with Gasteiger partial charge in [-0.05, 0) is 62.7 Å². The van der Waals surface area contributed by atoms with Crippen LogP contribution in [0, 0.1) is 45.8 Å². The van der Waals surface area contributed by atoms with Crippen molar-refractivity contribution in [1.82, 2.24) is 4.90 Å². The van der Waals surface area contributed by atoms with E-state index in [1.54, 1.807) is 6.92 Å². The van der Waals surface area contributed by atoms with Crippen LogP contribution in [0.4, 0.5) is 4.79 Å². The molecule has 9 atom stereocenters. The monoisotopic (exact) mass is 623 g/mol. The van der Waals surface area contributed by atoms with E-state index in [2.05, 4.69) is 38.3 Å². The summed E-state index contributed by atoms with van der Waals surface area (Å²) in [5.41, 5.74) is -1.64. The van der Waals surface area contributed by atoms with Gasteiger partial charge in [-0.25, -0.2) is 4.79 Å². The fraction of sp³-hybridized carbons (Fsp3) is 0.788. The molecule has 4 fully saturated rings. The lowest BCUT2D eigenvalue weighted by molar-refractivity contribution is -0.236. The van der Waals surface area contributed by atoms with E-state index in [9.17, 15) is 14.4 Å². The van der Waals surface area contributed by atoms with Crippen molar-refractivity contribution in [2.45, 2.75) is 72.7 Å². The fourth-order valence-electron chi connectivity index (χ4n) is 9.80. The van der Waals surface area contributed by atoms with Crippen LogP contribution in [0.15, 0.2) is 24.3 Å². The molecule has 0 amide bonds. The Hall–Kier alpha value is -1.94. The van der Waals surface area contributed by atoms with Crippen LogP contribution in [0.3, 0.4) is 0 Å². The number of hydrogen-bond acceptors (Lipinski definition) is 9. The molecule has 5 rings (SSSR count). The Balaban J connectivity index is 0.00000423. The molecule has 0 spiro atoms. The Labute approximate surface area is 262 Å². The molecule has 242 valence electrons. The van der Waals surface area contributed by atoms with E-state index in [0.29, 0.717) is 31.4 Å². The Morgan fingerprint density at radius 1 is 1.14 bits per heavy atom. The summed E-state index contributed by atoms with van der Waals surface area (Å²) in [4.78, 5) is 42.2. The van der Waals surface area contributed by atoms with Crippen LogP contribution < -0.4 is 0 Å². The summed E-state index contributed by atoms with van der Waals surface area (Å²) in [6.45, 7) is 16.6. The molecule has 10 heteroatoms. The van der Waals surface area contributed by atoms with E-state index in [4.69, 9.17) is 23.7 Å². The minimum atomic E-state index is -1.14. The first-order valence-corrected chi connectivity index (χ1v) is 15.9. The lowest BCUT2D eigenvalue weighted by Gasteiger charge is -2.59. The van der Waals surface area contributed by atoms with E-state index in [1.807, 2.05) is 13.0 Å². The Kier molecular flexibility index (Phi) is 10.4. The Morgan fingerprint density at radius 3 is 2.56 bits per heavy atom. The number of halogens is 1. The van der Waals surface area contributed by atoms with Gasteiger partial charge in [-0.3, -0.25) is 9.69 Å². The molecule has 1 aliphatic heterocycles. The number of aldehydes is 1. The smallest absolute Gasteiger partial charge is 0.461 e. The average Bonchev–Trinajstić information content (AvgIpc) is 3.51. The van der Waals surface area contributed by atoms with Crippen LogP contribution in [0.1, 0.15) is 60.3 Å². The summed E-state index contributed by atoms with van der Waals surface area (Å²) in [7, 11) is 0. The van der Waals surface area contributed by atoms with E-state index in [1.165, 1.54) is 0 Å². The molecule has 43 heavy (non-hydrogen) atoms. The normalized spacial score (nSPS) is 39.4. The zero-order valence-electron chi connectivity index (χ0n) is 26.4. The average molecular weight is 624 g/mol. The van der Waals surface area contributed by atoms with Crippen molar-refractivity contribution in [3.05, 3.63) is 24.3 Å². The number of carbonyl (C=O) groups is 3. The summed E-state index contributed by atoms with van der Waals surface area (Å²) in [6.07, 6.45) is 7.46. The largest absolute Gasteiger partial charge is 0.508 e. The molecule has 5 aliphatic rings. The quantitative estimate of drug-likeness (QED) is 0.125. The molecule has 3 saturated carbocycles. The molecule has 4 aliphatic carbocycles. The van der Waals surface area contributed by atoms with E-state index in [-0.39, 0.29) is 56.1 Å². The third-order valence-electron chi connectivity index (χ3n) is 11.1. The zero-order chi connectivity index (χ0) is 30.3. The maximum Gasteiger partial charge on any atom is 0.508 e. The number of morpholine rings is 1. The summed E-state index contributed by atoms with van der Waals surface area (Å²) >= 11 is 0. The minimum absolute atomic E-state index is 0. The highest BCUT2D eigenvalue weighted by Gasteiger charge is 2.84. The fourth-order valence-corrected chi connectivity index (χ4v) is 9.80. The van der Waals surface area contributed by atoms with E-state index >= 15 is 0 Å². The highest BCUT2D eigenvalue weighted by Crippen LogP contribution is 2.82. The van der Waals surface area contributed by atoms with Crippen molar-refractivity contribution in [2.75, 3.05) is 46.1 Å². The highest BCUT2D eigenvalue weighted by atomic mass is 35.5. The SMILES string of the molecule is C=CCN1C[C@H](OC[C@@]23C[C@@H]4[C@H](C)CC[C@H]4[C@@]4(C=O)C[C@@H]2C=C(C(C)C)[C@@]34C(=O)OCCOC(=O)OCC)O[C@H](C)C1.Cl. The summed E-state index contributed by atoms with van der Waals surface area (Å²) in [5, 5.41) is 0. The van der Waals surface area contributed by atoms with Crippen LogP contribution >= 0.6 is 12.4 Å². The highest BCUT2D eigenvalue weighted by molar-refractivity contribution is 5.91. The van der Waals surface area contributed by atoms with E-state index in [0.717, 1.165) is 44.2 Å². The van der Waals surface area contributed by atoms with Crippen molar-refractivity contribution in [3.8, 4) is 0 Å². The van der Waals surface area contributed by atoms with Crippen LogP contribution in [0.25, 0.3) is 0 Å². The minimum Gasteiger partial charge on any atom is -0.461 e. The van der Waals surface area contributed by atoms with Crippen LogP contribution in [0.5, 0.6) is 0 Å².